The average Bonchev–Trinajstić information content (AvgIpc) is 4.04. The lowest BCUT2D eigenvalue weighted by molar-refractivity contribution is 0.769. The lowest BCUT2D eigenvalue weighted by atomic mass is 9.67. The molecule has 0 radical (unpaired) electrons. The summed E-state index contributed by atoms with van der Waals surface area (Å²) in [6, 6.07) is 98.6. The van der Waals surface area contributed by atoms with Gasteiger partial charge in [0.25, 0.3) is 0 Å². The predicted molar refractivity (Wildman–Crippen MR) is 289 cm³/mol. The van der Waals surface area contributed by atoms with Crippen molar-refractivity contribution in [3.8, 4) is 55.9 Å². The Kier molecular flexibility index (Phi) is 8.84. The molecule has 2 heteroatoms. The molecule has 0 aliphatic heterocycles. The number of benzene rings is 11. The van der Waals surface area contributed by atoms with E-state index in [-0.39, 0.29) is 0 Å². The van der Waals surface area contributed by atoms with Crippen molar-refractivity contribution in [1.82, 2.24) is 9.13 Å². The number of hydrogen-bond donors (Lipinski definition) is 0. The number of nitrogens with zero attached hydrogens (tertiary/aromatic N) is 2. The van der Waals surface area contributed by atoms with Crippen LogP contribution in [-0.2, 0) is 5.41 Å². The van der Waals surface area contributed by atoms with E-state index in [1.165, 1.54) is 110 Å². The molecule has 1 aliphatic rings. The third-order valence-electron chi connectivity index (χ3n) is 14.8. The Morgan fingerprint density at radius 3 is 1.36 bits per heavy atom. The molecular formula is C67H44N2. The summed E-state index contributed by atoms with van der Waals surface area (Å²) in [5, 5.41) is 4.94. The van der Waals surface area contributed by atoms with Crippen molar-refractivity contribution in [2.45, 2.75) is 5.41 Å². The molecular weight excluding hydrogens is 833 g/mol. The van der Waals surface area contributed by atoms with Crippen LogP contribution in [0.3, 0.4) is 0 Å². The van der Waals surface area contributed by atoms with E-state index in [4.69, 9.17) is 0 Å². The molecule has 0 spiro atoms. The maximum Gasteiger partial charge on any atom is 0.0714 e. The first-order valence-corrected chi connectivity index (χ1v) is 23.9. The monoisotopic (exact) mass is 876 g/mol. The molecule has 2 heterocycles. The molecule has 0 saturated carbocycles. The van der Waals surface area contributed by atoms with Gasteiger partial charge in [-0.2, -0.15) is 0 Å². The summed E-state index contributed by atoms with van der Waals surface area (Å²) in [6.07, 6.45) is 0. The zero-order valence-electron chi connectivity index (χ0n) is 37.8. The van der Waals surface area contributed by atoms with Gasteiger partial charge in [0, 0.05) is 32.9 Å². The molecule has 0 unspecified atom stereocenters. The number of hydrogen-bond acceptors (Lipinski definition) is 0. The zero-order valence-corrected chi connectivity index (χ0v) is 37.8. The molecule has 1 aliphatic carbocycles. The van der Waals surface area contributed by atoms with Gasteiger partial charge in [0.1, 0.15) is 0 Å². The number of para-hydroxylation sites is 1. The normalized spacial score (nSPS) is 12.8. The molecule has 0 fully saturated rings. The first kappa shape index (κ1) is 39.2. The van der Waals surface area contributed by atoms with E-state index >= 15 is 0 Å². The van der Waals surface area contributed by atoms with E-state index < -0.39 is 5.41 Å². The summed E-state index contributed by atoms with van der Waals surface area (Å²) >= 11 is 0. The fraction of sp³-hybridized carbons (Fsp3) is 0.0149. The van der Waals surface area contributed by atoms with Crippen LogP contribution in [0.4, 0.5) is 0 Å². The van der Waals surface area contributed by atoms with Crippen molar-refractivity contribution in [3.05, 3.63) is 289 Å². The fourth-order valence-corrected chi connectivity index (χ4v) is 11.7. The van der Waals surface area contributed by atoms with Gasteiger partial charge in [-0.15, -0.1) is 0 Å². The Hall–Kier alpha value is -8.98. The molecule has 0 bridgehead atoms. The summed E-state index contributed by atoms with van der Waals surface area (Å²) in [7, 11) is 0. The summed E-state index contributed by atoms with van der Waals surface area (Å²) in [5.74, 6) is 0. The predicted octanol–water partition coefficient (Wildman–Crippen LogP) is 17.2. The minimum absolute atomic E-state index is 0.514. The van der Waals surface area contributed by atoms with Gasteiger partial charge in [-0.25, -0.2) is 0 Å². The Bertz CT molecular complexity index is 4050. The van der Waals surface area contributed by atoms with Crippen molar-refractivity contribution in [2.75, 3.05) is 0 Å². The third kappa shape index (κ3) is 5.99. The van der Waals surface area contributed by atoms with Crippen molar-refractivity contribution in [1.29, 1.82) is 0 Å². The van der Waals surface area contributed by atoms with Crippen LogP contribution in [0, 0.1) is 0 Å². The molecule has 0 amide bonds. The number of rotatable bonds is 7. The van der Waals surface area contributed by atoms with Crippen molar-refractivity contribution in [3.63, 3.8) is 0 Å². The summed E-state index contributed by atoms with van der Waals surface area (Å²) < 4.78 is 4.91. The van der Waals surface area contributed by atoms with Gasteiger partial charge in [-0.3, -0.25) is 0 Å². The SMILES string of the molecule is c1ccc(-c2ccc(-n3c4ccccc4c4cc(-c5ccc6c(c5)c5cc7c(cc5n6-c5cccc(-c6ccccc6)c5)C(c5ccccc5)(c5ccccc5)c5ccccc5-7)ccc43)cc2)cc1. The minimum Gasteiger partial charge on any atom is -0.309 e. The van der Waals surface area contributed by atoms with Crippen LogP contribution < -0.4 is 0 Å². The third-order valence-corrected chi connectivity index (χ3v) is 14.8. The molecule has 11 aromatic carbocycles. The largest absolute Gasteiger partial charge is 0.309 e. The first-order valence-electron chi connectivity index (χ1n) is 23.9. The molecule has 14 rings (SSSR count). The van der Waals surface area contributed by atoms with E-state index in [2.05, 4.69) is 276 Å². The maximum absolute atomic E-state index is 2.52. The first-order chi connectivity index (χ1) is 34.2. The Labute approximate surface area is 401 Å². The maximum atomic E-state index is 2.52. The molecule has 2 nitrogen and oxygen atoms in total. The summed E-state index contributed by atoms with van der Waals surface area (Å²) in [4.78, 5) is 0. The van der Waals surface area contributed by atoms with Crippen LogP contribution in [0.5, 0.6) is 0 Å². The van der Waals surface area contributed by atoms with E-state index in [1.54, 1.807) is 0 Å². The van der Waals surface area contributed by atoms with Crippen LogP contribution in [0.15, 0.2) is 267 Å². The second-order valence-corrected chi connectivity index (χ2v) is 18.4. The van der Waals surface area contributed by atoms with Gasteiger partial charge in [0.05, 0.1) is 27.5 Å². The van der Waals surface area contributed by atoms with Crippen LogP contribution in [0.1, 0.15) is 22.3 Å². The van der Waals surface area contributed by atoms with Gasteiger partial charge in [-0.1, -0.05) is 200 Å². The highest BCUT2D eigenvalue weighted by Gasteiger charge is 2.46. The van der Waals surface area contributed by atoms with E-state index in [0.717, 1.165) is 11.4 Å². The molecule has 0 saturated heterocycles. The van der Waals surface area contributed by atoms with Crippen molar-refractivity contribution < 1.29 is 0 Å². The van der Waals surface area contributed by atoms with Crippen LogP contribution >= 0.6 is 0 Å². The van der Waals surface area contributed by atoms with Gasteiger partial charge in [0.15, 0.2) is 0 Å². The fourth-order valence-electron chi connectivity index (χ4n) is 11.7. The van der Waals surface area contributed by atoms with E-state index in [0.29, 0.717) is 0 Å². The van der Waals surface area contributed by atoms with Crippen LogP contribution in [0.2, 0.25) is 0 Å². The second kappa shape index (κ2) is 15.6. The molecule has 0 atom stereocenters. The summed E-state index contributed by atoms with van der Waals surface area (Å²) in [6.45, 7) is 0. The van der Waals surface area contributed by atoms with E-state index in [9.17, 15) is 0 Å². The van der Waals surface area contributed by atoms with Crippen LogP contribution in [0.25, 0.3) is 99.5 Å². The molecule has 0 N–H and O–H groups in total. The topological polar surface area (TPSA) is 9.86 Å². The quantitative estimate of drug-likeness (QED) is 0.151. The zero-order chi connectivity index (χ0) is 45.5. The van der Waals surface area contributed by atoms with Crippen molar-refractivity contribution in [2.24, 2.45) is 0 Å². The van der Waals surface area contributed by atoms with Gasteiger partial charge in [-0.05, 0) is 133 Å². The van der Waals surface area contributed by atoms with Gasteiger partial charge in [0.2, 0.25) is 0 Å². The molecule has 13 aromatic rings. The highest BCUT2D eigenvalue weighted by Crippen LogP contribution is 2.57. The molecule has 2 aromatic heterocycles. The highest BCUT2D eigenvalue weighted by atomic mass is 15.0. The average molecular weight is 877 g/mol. The Balaban J connectivity index is 0.999. The minimum atomic E-state index is -0.514. The van der Waals surface area contributed by atoms with Crippen molar-refractivity contribution >= 4 is 43.6 Å². The second-order valence-electron chi connectivity index (χ2n) is 18.4. The smallest absolute Gasteiger partial charge is 0.0714 e. The number of fused-ring (bicyclic) bond motifs is 9. The van der Waals surface area contributed by atoms with Gasteiger partial charge >= 0.3 is 0 Å². The summed E-state index contributed by atoms with van der Waals surface area (Å²) in [5.41, 5.74) is 21.4. The number of aromatic nitrogens is 2. The lowest BCUT2D eigenvalue weighted by Crippen LogP contribution is -2.28. The molecule has 69 heavy (non-hydrogen) atoms. The van der Waals surface area contributed by atoms with Gasteiger partial charge < -0.3 is 9.13 Å². The lowest BCUT2D eigenvalue weighted by Gasteiger charge is -2.34. The Morgan fingerprint density at radius 1 is 0.232 bits per heavy atom. The molecule has 322 valence electrons. The van der Waals surface area contributed by atoms with Crippen LogP contribution in [-0.4, -0.2) is 9.13 Å². The standard InChI is InChI=1S/C67H44N2/c1-5-18-45(19-6-1)47-32-36-53(37-33-47)68-63-31-16-14-29-56(63)58-41-49(34-38-64(58)68)50-35-39-65-59(42-50)60-43-57-55-28-13-15-30-61(55)67(51-23-9-3-10-24-51,52-25-11-4-12-26-52)62(57)44-66(60)69(65)54-27-17-22-48(40-54)46-20-7-2-8-21-46/h1-44H. The Morgan fingerprint density at radius 2 is 0.696 bits per heavy atom. The highest BCUT2D eigenvalue weighted by molar-refractivity contribution is 6.14. The van der Waals surface area contributed by atoms with E-state index in [1.807, 2.05) is 0 Å².